The number of carbonyl (C=O) groups is 1. The minimum absolute atomic E-state index is 0.00716. The first-order valence-corrected chi connectivity index (χ1v) is 7.89. The summed E-state index contributed by atoms with van der Waals surface area (Å²) in [6, 6.07) is 5.62. The summed E-state index contributed by atoms with van der Waals surface area (Å²) < 4.78 is 0. The minimum Gasteiger partial charge on any atom is -0.346 e. The van der Waals surface area contributed by atoms with Crippen LogP contribution in [-0.4, -0.2) is 31.8 Å². The summed E-state index contributed by atoms with van der Waals surface area (Å²) in [5.41, 5.74) is 0. The molecule has 21 heavy (non-hydrogen) atoms. The maximum Gasteiger partial charge on any atom is 0.221 e. The molecular formula is C14H19N5OS. The van der Waals surface area contributed by atoms with Crippen LogP contribution in [0.1, 0.15) is 37.5 Å². The van der Waals surface area contributed by atoms with Crippen molar-refractivity contribution in [1.82, 2.24) is 25.5 Å². The topological polar surface area (TPSA) is 83.6 Å². The van der Waals surface area contributed by atoms with Crippen LogP contribution >= 0.6 is 11.8 Å². The highest BCUT2D eigenvalue weighted by Crippen LogP contribution is 2.16. The van der Waals surface area contributed by atoms with Crippen molar-refractivity contribution >= 4 is 17.7 Å². The lowest BCUT2D eigenvalue weighted by Gasteiger charge is -2.13. The molecule has 0 aliphatic heterocycles. The lowest BCUT2D eigenvalue weighted by molar-refractivity contribution is -0.121. The van der Waals surface area contributed by atoms with Crippen molar-refractivity contribution in [2.75, 3.05) is 5.75 Å². The van der Waals surface area contributed by atoms with Gasteiger partial charge in [-0.05, 0) is 25.5 Å². The highest BCUT2D eigenvalue weighted by atomic mass is 32.2. The number of carbonyl (C=O) groups excluding carboxylic acids is 1. The average molecular weight is 305 g/mol. The summed E-state index contributed by atoms with van der Waals surface area (Å²) in [7, 11) is 0. The Morgan fingerprint density at radius 1 is 1.48 bits per heavy atom. The molecule has 0 bridgehead atoms. The van der Waals surface area contributed by atoms with Gasteiger partial charge in [0.15, 0.2) is 5.82 Å². The fourth-order valence-electron chi connectivity index (χ4n) is 1.81. The number of aromatic amines is 1. The van der Waals surface area contributed by atoms with Gasteiger partial charge in [0, 0.05) is 18.4 Å². The van der Waals surface area contributed by atoms with E-state index in [9.17, 15) is 4.79 Å². The second-order valence-corrected chi connectivity index (χ2v) is 5.69. The zero-order valence-electron chi connectivity index (χ0n) is 12.2. The van der Waals surface area contributed by atoms with E-state index in [4.69, 9.17) is 0 Å². The number of aromatic nitrogens is 4. The van der Waals surface area contributed by atoms with Crippen molar-refractivity contribution in [2.45, 2.75) is 37.8 Å². The molecule has 1 atom stereocenters. The van der Waals surface area contributed by atoms with Gasteiger partial charge in [-0.15, -0.1) is 11.8 Å². The largest absolute Gasteiger partial charge is 0.346 e. The molecular weight excluding hydrogens is 286 g/mol. The fourth-order valence-corrected chi connectivity index (χ4v) is 2.62. The third kappa shape index (κ3) is 4.86. The van der Waals surface area contributed by atoms with Gasteiger partial charge in [0.2, 0.25) is 5.91 Å². The molecule has 0 spiro atoms. The standard InChI is InChI=1S/C14H19N5OS/c1-3-11(14-16-10(2)18-19-14)17-12(20)7-9-21-13-6-4-5-8-15-13/h4-6,8,11H,3,7,9H2,1-2H3,(H,17,20)(H,16,18,19)/t11-/m0/s1. The number of amides is 1. The van der Waals surface area contributed by atoms with E-state index >= 15 is 0 Å². The number of rotatable bonds is 7. The summed E-state index contributed by atoms with van der Waals surface area (Å²) in [6.07, 6.45) is 2.96. The summed E-state index contributed by atoms with van der Waals surface area (Å²) >= 11 is 1.57. The predicted octanol–water partition coefficient (Wildman–Crippen LogP) is 2.26. The van der Waals surface area contributed by atoms with E-state index in [1.54, 1.807) is 18.0 Å². The normalized spacial score (nSPS) is 12.1. The van der Waals surface area contributed by atoms with Crippen molar-refractivity contribution in [3.05, 3.63) is 36.0 Å². The first-order chi connectivity index (χ1) is 10.2. The van der Waals surface area contributed by atoms with Crippen molar-refractivity contribution in [2.24, 2.45) is 0 Å². The Balaban J connectivity index is 1.78. The molecule has 1 amide bonds. The molecule has 112 valence electrons. The zero-order valence-corrected chi connectivity index (χ0v) is 13.0. The third-order valence-corrected chi connectivity index (χ3v) is 3.83. The summed E-state index contributed by atoms with van der Waals surface area (Å²) in [5, 5.41) is 10.8. The fraction of sp³-hybridized carbons (Fsp3) is 0.429. The second kappa shape index (κ2) is 7.78. The number of aryl methyl sites for hydroxylation is 1. The van der Waals surface area contributed by atoms with E-state index in [2.05, 4.69) is 25.5 Å². The molecule has 0 aromatic carbocycles. The van der Waals surface area contributed by atoms with E-state index in [0.717, 1.165) is 17.3 Å². The molecule has 2 rings (SSSR count). The van der Waals surface area contributed by atoms with Gasteiger partial charge in [-0.3, -0.25) is 9.89 Å². The van der Waals surface area contributed by atoms with Crippen LogP contribution < -0.4 is 5.32 Å². The molecule has 0 fully saturated rings. The van der Waals surface area contributed by atoms with Gasteiger partial charge < -0.3 is 5.32 Å². The Morgan fingerprint density at radius 3 is 2.95 bits per heavy atom. The second-order valence-electron chi connectivity index (χ2n) is 4.57. The van der Waals surface area contributed by atoms with Crippen molar-refractivity contribution in [3.8, 4) is 0 Å². The maximum atomic E-state index is 12.0. The Labute approximate surface area is 128 Å². The number of hydrogen-bond donors (Lipinski definition) is 2. The highest BCUT2D eigenvalue weighted by Gasteiger charge is 2.16. The molecule has 2 N–H and O–H groups in total. The van der Waals surface area contributed by atoms with E-state index in [1.807, 2.05) is 32.0 Å². The lowest BCUT2D eigenvalue weighted by atomic mass is 10.2. The van der Waals surface area contributed by atoms with Gasteiger partial charge in [0.05, 0.1) is 11.1 Å². The molecule has 0 saturated heterocycles. The molecule has 0 aliphatic rings. The SMILES string of the molecule is CC[C@H](NC(=O)CCSc1ccccn1)c1n[nH]c(C)n1. The van der Waals surface area contributed by atoms with E-state index in [0.29, 0.717) is 18.0 Å². The van der Waals surface area contributed by atoms with Crippen molar-refractivity contribution in [1.29, 1.82) is 0 Å². The summed E-state index contributed by atoms with van der Waals surface area (Å²) in [4.78, 5) is 20.4. The average Bonchev–Trinajstić information content (AvgIpc) is 2.92. The summed E-state index contributed by atoms with van der Waals surface area (Å²) in [5.74, 6) is 2.10. The first kappa shape index (κ1) is 15.5. The quantitative estimate of drug-likeness (QED) is 0.767. The Morgan fingerprint density at radius 2 is 2.33 bits per heavy atom. The van der Waals surface area contributed by atoms with Crippen LogP contribution in [0.2, 0.25) is 0 Å². The van der Waals surface area contributed by atoms with Gasteiger partial charge in [0.1, 0.15) is 5.82 Å². The number of pyridine rings is 1. The smallest absolute Gasteiger partial charge is 0.221 e. The van der Waals surface area contributed by atoms with Crippen LogP contribution in [0.3, 0.4) is 0 Å². The molecule has 0 aliphatic carbocycles. The third-order valence-electron chi connectivity index (χ3n) is 2.89. The van der Waals surface area contributed by atoms with Gasteiger partial charge in [-0.25, -0.2) is 9.97 Å². The lowest BCUT2D eigenvalue weighted by Crippen LogP contribution is -2.29. The minimum atomic E-state index is -0.137. The van der Waals surface area contributed by atoms with Crippen molar-refractivity contribution < 1.29 is 4.79 Å². The Kier molecular flexibility index (Phi) is 5.74. The monoisotopic (exact) mass is 305 g/mol. The van der Waals surface area contributed by atoms with Crippen LogP contribution in [0.5, 0.6) is 0 Å². The van der Waals surface area contributed by atoms with Gasteiger partial charge >= 0.3 is 0 Å². The van der Waals surface area contributed by atoms with Gasteiger partial charge in [-0.2, -0.15) is 5.10 Å². The number of hydrogen-bond acceptors (Lipinski definition) is 5. The molecule has 2 aromatic rings. The van der Waals surface area contributed by atoms with Crippen LogP contribution in [0.15, 0.2) is 29.4 Å². The molecule has 0 radical (unpaired) electrons. The molecule has 7 heteroatoms. The van der Waals surface area contributed by atoms with Gasteiger partial charge in [-0.1, -0.05) is 13.0 Å². The van der Waals surface area contributed by atoms with Crippen LogP contribution in [-0.2, 0) is 4.79 Å². The Hall–Kier alpha value is -1.89. The molecule has 0 unspecified atom stereocenters. The van der Waals surface area contributed by atoms with Crippen LogP contribution in [0.25, 0.3) is 0 Å². The molecule has 2 aromatic heterocycles. The number of nitrogens with zero attached hydrogens (tertiary/aromatic N) is 3. The first-order valence-electron chi connectivity index (χ1n) is 6.91. The number of thioether (sulfide) groups is 1. The predicted molar refractivity (Wildman–Crippen MR) is 81.9 cm³/mol. The van der Waals surface area contributed by atoms with Crippen LogP contribution in [0, 0.1) is 6.92 Å². The van der Waals surface area contributed by atoms with Crippen LogP contribution in [0.4, 0.5) is 0 Å². The number of H-pyrrole nitrogens is 1. The molecule has 2 heterocycles. The molecule has 6 nitrogen and oxygen atoms in total. The Bertz CT molecular complexity index is 572. The molecule has 0 saturated carbocycles. The maximum absolute atomic E-state index is 12.0. The zero-order chi connectivity index (χ0) is 15.1. The summed E-state index contributed by atoms with van der Waals surface area (Å²) in [6.45, 7) is 3.84. The van der Waals surface area contributed by atoms with E-state index in [-0.39, 0.29) is 11.9 Å². The highest BCUT2D eigenvalue weighted by molar-refractivity contribution is 7.99. The number of nitrogens with one attached hydrogen (secondary N) is 2. The van der Waals surface area contributed by atoms with Crippen molar-refractivity contribution in [3.63, 3.8) is 0 Å². The van der Waals surface area contributed by atoms with E-state index in [1.165, 1.54) is 0 Å². The van der Waals surface area contributed by atoms with Gasteiger partial charge in [0.25, 0.3) is 0 Å². The van der Waals surface area contributed by atoms with E-state index < -0.39 is 0 Å².